The van der Waals surface area contributed by atoms with E-state index >= 15 is 0 Å². The number of nitrogens with two attached hydrogens (primary N) is 1. The summed E-state index contributed by atoms with van der Waals surface area (Å²) in [7, 11) is 0. The fraction of sp³-hybridized carbons (Fsp3) is 0.429. The molecule has 136 valence electrons. The van der Waals surface area contributed by atoms with E-state index in [2.05, 4.69) is 9.97 Å². The number of hydrogen-bond acceptors (Lipinski definition) is 5. The van der Waals surface area contributed by atoms with Gasteiger partial charge in [0.15, 0.2) is 11.5 Å². The van der Waals surface area contributed by atoms with E-state index in [0.29, 0.717) is 6.54 Å². The Hall–Kier alpha value is -2.40. The number of ether oxygens (including phenoxy) is 1. The van der Waals surface area contributed by atoms with Crippen LogP contribution in [-0.2, 0) is 13.0 Å². The third kappa shape index (κ3) is 4.05. The molecule has 2 N–H and O–H groups in total. The molecule has 5 nitrogen and oxygen atoms in total. The Labute approximate surface area is 153 Å². The summed E-state index contributed by atoms with van der Waals surface area (Å²) in [6.07, 6.45) is 10.7. The minimum absolute atomic E-state index is 0.392. The van der Waals surface area contributed by atoms with E-state index < -0.39 is 0 Å². The van der Waals surface area contributed by atoms with Crippen molar-refractivity contribution < 1.29 is 9.15 Å². The summed E-state index contributed by atoms with van der Waals surface area (Å²) in [5.74, 6) is 3.11. The van der Waals surface area contributed by atoms with Crippen LogP contribution in [0.1, 0.15) is 50.1 Å². The van der Waals surface area contributed by atoms with Gasteiger partial charge in [0.2, 0.25) is 0 Å². The molecule has 0 amide bonds. The maximum Gasteiger partial charge on any atom is 0.195 e. The summed E-state index contributed by atoms with van der Waals surface area (Å²) >= 11 is 0. The van der Waals surface area contributed by atoms with Crippen molar-refractivity contribution in [3.8, 4) is 11.5 Å². The highest BCUT2D eigenvalue weighted by atomic mass is 16.5. The topological polar surface area (TPSA) is 74.2 Å². The molecule has 2 heterocycles. The Morgan fingerprint density at radius 2 is 1.92 bits per heavy atom. The lowest BCUT2D eigenvalue weighted by Gasteiger charge is -2.20. The van der Waals surface area contributed by atoms with E-state index in [9.17, 15) is 0 Å². The number of fused-ring (bicyclic) bond motifs is 1. The zero-order valence-electron chi connectivity index (χ0n) is 15.0. The summed E-state index contributed by atoms with van der Waals surface area (Å²) in [5, 5.41) is 0. The van der Waals surface area contributed by atoms with Crippen LogP contribution in [0.3, 0.4) is 0 Å². The van der Waals surface area contributed by atoms with Crippen LogP contribution in [0.15, 0.2) is 40.9 Å². The summed E-state index contributed by atoms with van der Waals surface area (Å²) in [5.41, 5.74) is 8.08. The molecule has 2 aromatic heterocycles. The van der Waals surface area contributed by atoms with Gasteiger partial charge in [-0.2, -0.15) is 0 Å². The minimum atomic E-state index is 0.392. The molecule has 0 spiro atoms. The molecule has 1 aliphatic rings. The predicted octanol–water partition coefficient (Wildman–Crippen LogP) is 4.99. The number of nitrogens with zero attached hydrogens (tertiary/aromatic N) is 2. The largest absolute Gasteiger partial charge is 0.457 e. The molecule has 1 aromatic carbocycles. The molecule has 0 atom stereocenters. The zero-order chi connectivity index (χ0) is 17.8. The minimum Gasteiger partial charge on any atom is -0.457 e. The van der Waals surface area contributed by atoms with Gasteiger partial charge in [0.25, 0.3) is 0 Å². The van der Waals surface area contributed by atoms with Gasteiger partial charge in [-0.1, -0.05) is 32.1 Å². The van der Waals surface area contributed by atoms with Crippen molar-refractivity contribution in [3.63, 3.8) is 0 Å². The number of rotatable bonds is 6. The summed E-state index contributed by atoms with van der Waals surface area (Å²) in [6.45, 7) is 0.392. The SMILES string of the molecule is NCc1cc(Oc2ccc3nc(CCC4CCCCC4)oc3c2)ccn1. The average Bonchev–Trinajstić information content (AvgIpc) is 3.09. The summed E-state index contributed by atoms with van der Waals surface area (Å²) in [6, 6.07) is 9.43. The Morgan fingerprint density at radius 1 is 1.08 bits per heavy atom. The monoisotopic (exact) mass is 351 g/mol. The van der Waals surface area contributed by atoms with Crippen molar-refractivity contribution in [2.24, 2.45) is 11.7 Å². The first-order valence-corrected chi connectivity index (χ1v) is 9.52. The highest BCUT2D eigenvalue weighted by Gasteiger charge is 2.15. The molecule has 0 unspecified atom stereocenters. The number of hydrogen-bond donors (Lipinski definition) is 1. The number of pyridine rings is 1. The third-order valence-electron chi connectivity index (χ3n) is 5.13. The van der Waals surface area contributed by atoms with Crippen molar-refractivity contribution >= 4 is 11.1 Å². The van der Waals surface area contributed by atoms with Crippen LogP contribution in [0.2, 0.25) is 0 Å². The summed E-state index contributed by atoms with van der Waals surface area (Å²) < 4.78 is 11.9. The number of aromatic nitrogens is 2. The van der Waals surface area contributed by atoms with Gasteiger partial charge < -0.3 is 14.9 Å². The van der Waals surface area contributed by atoms with E-state index in [1.165, 1.54) is 38.5 Å². The standard InChI is InChI=1S/C21H25N3O2/c22-14-16-12-18(10-11-23-16)25-17-7-8-19-20(13-17)26-21(24-19)9-6-15-4-2-1-3-5-15/h7-8,10-13,15H,1-6,9,14,22H2. The van der Waals surface area contributed by atoms with Crippen LogP contribution in [0.4, 0.5) is 0 Å². The first kappa shape index (κ1) is 17.0. The third-order valence-corrected chi connectivity index (χ3v) is 5.13. The van der Waals surface area contributed by atoms with Gasteiger partial charge in [-0.15, -0.1) is 0 Å². The number of benzene rings is 1. The lowest BCUT2D eigenvalue weighted by molar-refractivity contribution is 0.330. The molecule has 0 aliphatic heterocycles. The van der Waals surface area contributed by atoms with Crippen molar-refractivity contribution in [3.05, 3.63) is 48.1 Å². The maximum atomic E-state index is 5.96. The van der Waals surface area contributed by atoms with Crippen LogP contribution in [0, 0.1) is 5.92 Å². The van der Waals surface area contributed by atoms with Gasteiger partial charge in [-0.25, -0.2) is 4.98 Å². The molecule has 1 saturated carbocycles. The predicted molar refractivity (Wildman–Crippen MR) is 101 cm³/mol. The smallest absolute Gasteiger partial charge is 0.195 e. The van der Waals surface area contributed by atoms with Crippen molar-refractivity contribution in [1.82, 2.24) is 9.97 Å². The zero-order valence-corrected chi connectivity index (χ0v) is 15.0. The Morgan fingerprint density at radius 3 is 2.77 bits per heavy atom. The summed E-state index contributed by atoms with van der Waals surface area (Å²) in [4.78, 5) is 8.80. The van der Waals surface area contributed by atoms with E-state index in [1.807, 2.05) is 30.3 Å². The molecule has 0 saturated heterocycles. The van der Waals surface area contributed by atoms with E-state index in [4.69, 9.17) is 14.9 Å². The second kappa shape index (κ2) is 7.87. The molecule has 1 aliphatic carbocycles. The number of aryl methyl sites for hydroxylation is 1. The van der Waals surface area contributed by atoms with Gasteiger partial charge in [0.05, 0.1) is 5.69 Å². The van der Waals surface area contributed by atoms with E-state index in [0.717, 1.165) is 46.5 Å². The molecular formula is C21H25N3O2. The fourth-order valence-corrected chi connectivity index (χ4v) is 3.69. The lowest BCUT2D eigenvalue weighted by Crippen LogP contribution is -2.07. The quantitative estimate of drug-likeness (QED) is 0.677. The van der Waals surface area contributed by atoms with Crippen molar-refractivity contribution in [1.29, 1.82) is 0 Å². The normalized spacial score (nSPS) is 15.4. The number of oxazole rings is 1. The molecule has 3 aromatic rings. The molecule has 0 bridgehead atoms. The Balaban J connectivity index is 1.44. The Kier molecular flexibility index (Phi) is 5.16. The van der Waals surface area contributed by atoms with Crippen molar-refractivity contribution in [2.45, 2.75) is 51.5 Å². The highest BCUT2D eigenvalue weighted by molar-refractivity contribution is 5.74. The average molecular weight is 351 g/mol. The van der Waals surface area contributed by atoms with Gasteiger partial charge in [0, 0.05) is 31.3 Å². The molecule has 5 heteroatoms. The van der Waals surface area contributed by atoms with E-state index in [1.54, 1.807) is 6.20 Å². The molecular weight excluding hydrogens is 326 g/mol. The molecule has 4 rings (SSSR count). The first-order valence-electron chi connectivity index (χ1n) is 9.52. The molecule has 26 heavy (non-hydrogen) atoms. The second-order valence-corrected chi connectivity index (χ2v) is 7.07. The van der Waals surface area contributed by atoms with E-state index in [-0.39, 0.29) is 0 Å². The second-order valence-electron chi connectivity index (χ2n) is 7.07. The van der Waals surface area contributed by atoms with Gasteiger partial charge in [-0.3, -0.25) is 4.98 Å². The Bertz CT molecular complexity index is 869. The van der Waals surface area contributed by atoms with Crippen LogP contribution < -0.4 is 10.5 Å². The van der Waals surface area contributed by atoms with Crippen LogP contribution in [0.25, 0.3) is 11.1 Å². The van der Waals surface area contributed by atoms with Gasteiger partial charge >= 0.3 is 0 Å². The van der Waals surface area contributed by atoms with Crippen LogP contribution in [-0.4, -0.2) is 9.97 Å². The highest BCUT2D eigenvalue weighted by Crippen LogP contribution is 2.29. The van der Waals surface area contributed by atoms with Crippen LogP contribution in [0.5, 0.6) is 11.5 Å². The first-order chi connectivity index (χ1) is 12.8. The lowest BCUT2D eigenvalue weighted by atomic mass is 9.86. The fourth-order valence-electron chi connectivity index (χ4n) is 3.69. The van der Waals surface area contributed by atoms with Gasteiger partial charge in [0.1, 0.15) is 17.0 Å². The van der Waals surface area contributed by atoms with Crippen LogP contribution >= 0.6 is 0 Å². The molecule has 1 fully saturated rings. The van der Waals surface area contributed by atoms with Gasteiger partial charge in [-0.05, 0) is 30.5 Å². The van der Waals surface area contributed by atoms with Crippen molar-refractivity contribution in [2.75, 3.05) is 0 Å². The molecule has 0 radical (unpaired) electrons. The maximum absolute atomic E-state index is 5.96.